The molecular weight excluding hydrogens is 532 g/mol. The molecule has 7 rings (SSSR count). The minimum atomic E-state index is -1.42. The number of hydrogen-bond donors (Lipinski definition) is 2. The lowest BCUT2D eigenvalue weighted by molar-refractivity contribution is -0.271. The molecule has 3 saturated carbocycles. The Morgan fingerprint density at radius 3 is 2.44 bits per heavy atom. The fourth-order valence-corrected chi connectivity index (χ4v) is 11.3. The first-order valence-electron chi connectivity index (χ1n) is 15.4. The Morgan fingerprint density at radius 1 is 1.05 bits per heavy atom. The molecule has 4 aliphatic heterocycles. The Balaban J connectivity index is 1.33. The van der Waals surface area contributed by atoms with Crippen LogP contribution < -0.4 is 0 Å². The molecule has 0 amide bonds. The number of esters is 3. The number of ether oxygens (including phenoxy) is 5. The molecule has 10 heteroatoms. The van der Waals surface area contributed by atoms with Gasteiger partial charge >= 0.3 is 17.9 Å². The van der Waals surface area contributed by atoms with E-state index in [4.69, 9.17) is 23.7 Å². The Hall–Kier alpha value is -1.75. The first-order valence-corrected chi connectivity index (χ1v) is 15.4. The van der Waals surface area contributed by atoms with Crippen LogP contribution in [0.5, 0.6) is 0 Å². The van der Waals surface area contributed by atoms with Gasteiger partial charge in [-0.1, -0.05) is 20.8 Å². The van der Waals surface area contributed by atoms with Gasteiger partial charge in [0.1, 0.15) is 23.9 Å². The van der Waals surface area contributed by atoms with Crippen molar-refractivity contribution in [2.75, 3.05) is 0 Å². The van der Waals surface area contributed by atoms with Crippen molar-refractivity contribution in [3.05, 3.63) is 0 Å². The average Bonchev–Trinajstić information content (AvgIpc) is 3.53. The van der Waals surface area contributed by atoms with Gasteiger partial charge in [0.2, 0.25) is 0 Å². The van der Waals surface area contributed by atoms with Crippen LogP contribution in [0.15, 0.2) is 0 Å². The number of carbonyl (C=O) groups excluding carboxylic acids is 3. The summed E-state index contributed by atoms with van der Waals surface area (Å²) in [6.45, 7) is 11.3. The SMILES string of the molecule is CC(=O)O[C@H]1C[C@@H]2[C@@H](C)[C@H](C3CC(C)C(=O)O3)O[C@@]23CC[C@]2(O)C[C@]45OC(=O)C[C@H]4OC(C)(C)[C@@H]5C[C@@H](O)[C@H]2[C@@]13C. The summed E-state index contributed by atoms with van der Waals surface area (Å²) in [5.41, 5.74) is -4.89. The second kappa shape index (κ2) is 8.45. The van der Waals surface area contributed by atoms with Crippen molar-refractivity contribution in [2.24, 2.45) is 35.0 Å². The van der Waals surface area contributed by atoms with E-state index in [9.17, 15) is 24.6 Å². The largest absolute Gasteiger partial charge is 0.462 e. The number of aliphatic hydroxyl groups is 2. The number of fused-ring (bicyclic) bond motifs is 2. The van der Waals surface area contributed by atoms with E-state index in [-0.39, 0.29) is 67.1 Å². The number of aliphatic hydroxyl groups excluding tert-OH is 1. The van der Waals surface area contributed by atoms with E-state index < -0.39 is 58.0 Å². The molecule has 228 valence electrons. The van der Waals surface area contributed by atoms with Crippen LogP contribution in [0.25, 0.3) is 0 Å². The molecule has 2 unspecified atom stereocenters. The van der Waals surface area contributed by atoms with Gasteiger partial charge in [0, 0.05) is 30.6 Å². The van der Waals surface area contributed by atoms with Crippen LogP contribution in [0.1, 0.15) is 86.5 Å². The van der Waals surface area contributed by atoms with Gasteiger partial charge in [0.05, 0.1) is 41.3 Å². The van der Waals surface area contributed by atoms with Crippen LogP contribution in [-0.4, -0.2) is 81.0 Å². The number of hydrogen-bond acceptors (Lipinski definition) is 10. The van der Waals surface area contributed by atoms with Gasteiger partial charge in [0.25, 0.3) is 0 Å². The second-order valence-electron chi connectivity index (χ2n) is 15.1. The van der Waals surface area contributed by atoms with Crippen LogP contribution in [0, 0.1) is 35.0 Å². The monoisotopic (exact) mass is 576 g/mol. The maximum absolute atomic E-state index is 12.7. The minimum Gasteiger partial charge on any atom is -0.462 e. The molecule has 10 nitrogen and oxygen atoms in total. The van der Waals surface area contributed by atoms with Crippen molar-refractivity contribution in [1.29, 1.82) is 0 Å². The summed E-state index contributed by atoms with van der Waals surface area (Å²) in [6.07, 6.45) is -0.318. The van der Waals surface area contributed by atoms with Crippen molar-refractivity contribution in [3.8, 4) is 0 Å². The maximum Gasteiger partial charge on any atom is 0.309 e. The zero-order chi connectivity index (χ0) is 29.5. The summed E-state index contributed by atoms with van der Waals surface area (Å²) in [5, 5.41) is 24.9. The van der Waals surface area contributed by atoms with E-state index in [2.05, 4.69) is 6.92 Å². The molecule has 4 saturated heterocycles. The minimum absolute atomic E-state index is 0.0116. The topological polar surface area (TPSA) is 138 Å². The Morgan fingerprint density at radius 2 is 1.78 bits per heavy atom. The van der Waals surface area contributed by atoms with Crippen molar-refractivity contribution in [3.63, 3.8) is 0 Å². The zero-order valence-electron chi connectivity index (χ0n) is 24.9. The van der Waals surface area contributed by atoms with Crippen molar-refractivity contribution in [2.45, 2.75) is 139 Å². The average molecular weight is 577 g/mol. The van der Waals surface area contributed by atoms with Gasteiger partial charge in [-0.3, -0.25) is 14.4 Å². The third-order valence-electron chi connectivity index (χ3n) is 12.8. The second-order valence-corrected chi connectivity index (χ2v) is 15.1. The maximum atomic E-state index is 12.7. The molecule has 2 N–H and O–H groups in total. The molecule has 3 aliphatic carbocycles. The number of cyclic esters (lactones) is 1. The van der Waals surface area contributed by atoms with Gasteiger partial charge in [-0.05, 0) is 57.8 Å². The normalized spacial score (nSPS) is 56.6. The molecule has 14 atom stereocenters. The summed E-state index contributed by atoms with van der Waals surface area (Å²) < 4.78 is 31.4. The molecule has 7 aliphatic rings. The lowest BCUT2D eigenvalue weighted by atomic mass is 9.50. The van der Waals surface area contributed by atoms with Crippen LogP contribution >= 0.6 is 0 Å². The molecule has 7 fully saturated rings. The third-order valence-corrected chi connectivity index (χ3v) is 12.8. The molecule has 0 aromatic carbocycles. The van der Waals surface area contributed by atoms with Gasteiger partial charge in [-0.15, -0.1) is 0 Å². The lowest BCUT2D eigenvalue weighted by Crippen LogP contribution is -2.68. The molecule has 0 aromatic rings. The lowest BCUT2D eigenvalue weighted by Gasteiger charge is -2.60. The summed E-state index contributed by atoms with van der Waals surface area (Å²) in [6, 6.07) is 0. The van der Waals surface area contributed by atoms with Crippen LogP contribution in [0.3, 0.4) is 0 Å². The smallest absolute Gasteiger partial charge is 0.309 e. The Bertz CT molecular complexity index is 1190. The van der Waals surface area contributed by atoms with Crippen molar-refractivity contribution < 1.29 is 48.3 Å². The highest BCUT2D eigenvalue weighted by Gasteiger charge is 2.81. The predicted molar refractivity (Wildman–Crippen MR) is 141 cm³/mol. The van der Waals surface area contributed by atoms with Gasteiger partial charge in [0.15, 0.2) is 0 Å². The summed E-state index contributed by atoms with van der Waals surface area (Å²) in [5.74, 6) is -2.22. The van der Waals surface area contributed by atoms with Gasteiger partial charge in [-0.2, -0.15) is 0 Å². The molecule has 41 heavy (non-hydrogen) atoms. The standard InChI is InChI=1S/C31H44O10/c1-14-9-19(38-26(14)35)24-15(2)17-10-21(37-16(3)32)28(6)25-18(33)11-20-27(4,5)39-22-12-23(34)40-30(20,22)13-29(25,36)7-8-31(17,28)41-24/h14-15,17-22,24-25,33,36H,7-13H2,1-6H3/t14?,15-,17-,18-,19?,20+,21+,22-,24-,25+,28-,29+,30-,31+/m1/s1. The molecular formula is C31H44O10. The highest BCUT2D eigenvalue weighted by atomic mass is 16.6. The van der Waals surface area contributed by atoms with Crippen LogP contribution in [-0.2, 0) is 38.1 Å². The quantitative estimate of drug-likeness (QED) is 0.372. The molecule has 4 heterocycles. The van der Waals surface area contributed by atoms with E-state index in [1.165, 1.54) is 6.92 Å². The highest BCUT2D eigenvalue weighted by molar-refractivity contribution is 5.74. The first kappa shape index (κ1) is 28.0. The van der Waals surface area contributed by atoms with E-state index >= 15 is 0 Å². The van der Waals surface area contributed by atoms with E-state index in [1.54, 1.807) is 0 Å². The van der Waals surface area contributed by atoms with Crippen molar-refractivity contribution in [1.82, 2.24) is 0 Å². The van der Waals surface area contributed by atoms with E-state index in [0.717, 1.165) is 0 Å². The number of rotatable bonds is 2. The van der Waals surface area contributed by atoms with Crippen LogP contribution in [0.4, 0.5) is 0 Å². The first-order chi connectivity index (χ1) is 19.1. The van der Waals surface area contributed by atoms with E-state index in [1.807, 2.05) is 27.7 Å². The Labute approximate surface area is 240 Å². The van der Waals surface area contributed by atoms with Crippen LogP contribution in [0.2, 0.25) is 0 Å². The number of carbonyl (C=O) groups is 3. The van der Waals surface area contributed by atoms with Gasteiger partial charge in [-0.25, -0.2) is 0 Å². The van der Waals surface area contributed by atoms with E-state index in [0.29, 0.717) is 25.7 Å². The van der Waals surface area contributed by atoms with Crippen molar-refractivity contribution >= 4 is 17.9 Å². The predicted octanol–water partition coefficient (Wildman–Crippen LogP) is 2.44. The molecule has 0 radical (unpaired) electrons. The molecule has 0 bridgehead atoms. The highest BCUT2D eigenvalue weighted by Crippen LogP contribution is 2.73. The molecule has 0 aromatic heterocycles. The summed E-state index contributed by atoms with van der Waals surface area (Å²) >= 11 is 0. The Kier molecular flexibility index (Phi) is 5.78. The fraction of sp³-hybridized carbons (Fsp3) is 0.903. The summed E-state index contributed by atoms with van der Waals surface area (Å²) in [4.78, 5) is 37.4. The molecule has 2 spiro atoms. The summed E-state index contributed by atoms with van der Waals surface area (Å²) in [7, 11) is 0. The zero-order valence-corrected chi connectivity index (χ0v) is 24.9. The third kappa shape index (κ3) is 3.42. The van der Waals surface area contributed by atoms with Gasteiger partial charge < -0.3 is 33.9 Å². The fourth-order valence-electron chi connectivity index (χ4n) is 11.3.